The number of sulfonamides is 1. The van der Waals surface area contributed by atoms with Crippen LogP contribution in [0.5, 0.6) is 0 Å². The fourth-order valence-corrected chi connectivity index (χ4v) is 3.66. The maximum absolute atomic E-state index is 11.9. The van der Waals surface area contributed by atoms with E-state index in [4.69, 9.17) is 9.88 Å². The first-order valence-corrected chi connectivity index (χ1v) is 10.3. The molecule has 3 aromatic rings. The van der Waals surface area contributed by atoms with Crippen molar-refractivity contribution in [2.75, 3.05) is 11.9 Å². The van der Waals surface area contributed by atoms with Gasteiger partial charge in [0.15, 0.2) is 6.61 Å². The molecule has 144 valence electrons. The first-order chi connectivity index (χ1) is 13.3. The third-order valence-corrected chi connectivity index (χ3v) is 5.38. The Morgan fingerprint density at radius 1 is 1.18 bits per heavy atom. The molecule has 1 aromatic heterocycles. The molecule has 8 nitrogen and oxygen atoms in total. The lowest BCUT2D eigenvalue weighted by Crippen LogP contribution is -2.20. The second-order valence-electron chi connectivity index (χ2n) is 5.58. The van der Waals surface area contributed by atoms with Crippen molar-refractivity contribution in [2.24, 2.45) is 5.14 Å². The van der Waals surface area contributed by atoms with E-state index in [0.717, 1.165) is 10.2 Å². The normalized spacial score (nSPS) is 11.6. The van der Waals surface area contributed by atoms with Crippen LogP contribution in [0.3, 0.4) is 0 Å². The fourth-order valence-electron chi connectivity index (χ4n) is 2.23. The van der Waals surface area contributed by atoms with E-state index in [1.54, 1.807) is 0 Å². The second-order valence-corrected chi connectivity index (χ2v) is 8.21. The number of rotatable bonds is 6. The summed E-state index contributed by atoms with van der Waals surface area (Å²) < 4.78 is 28.5. The number of hydrogen-bond donors (Lipinski definition) is 2. The standard InChI is InChI=1S/C18H15N3O5S2/c19-28(24,25)13-5-3-4-12(10-13)20-16(22)11-26-18(23)9-8-17-21-14-6-1-2-7-15(14)27-17/h1-10H,11H2,(H,20,22)(H2,19,24,25)/b9-8+. The van der Waals surface area contributed by atoms with Gasteiger partial charge in [0.2, 0.25) is 10.0 Å². The molecule has 0 aliphatic heterocycles. The largest absolute Gasteiger partial charge is 0.452 e. The summed E-state index contributed by atoms with van der Waals surface area (Å²) in [7, 11) is -3.88. The maximum Gasteiger partial charge on any atom is 0.331 e. The summed E-state index contributed by atoms with van der Waals surface area (Å²) in [4.78, 5) is 27.8. The number of hydrogen-bond acceptors (Lipinski definition) is 7. The number of carbonyl (C=O) groups excluding carboxylic acids is 2. The molecule has 0 fully saturated rings. The number of amides is 1. The quantitative estimate of drug-likeness (QED) is 0.467. The summed E-state index contributed by atoms with van der Waals surface area (Å²) in [5, 5.41) is 8.11. The first kappa shape index (κ1) is 19.7. The minimum absolute atomic E-state index is 0.138. The monoisotopic (exact) mass is 417 g/mol. The van der Waals surface area contributed by atoms with Gasteiger partial charge in [0.1, 0.15) is 5.01 Å². The summed E-state index contributed by atoms with van der Waals surface area (Å²) >= 11 is 1.42. The number of nitrogens with two attached hydrogens (primary N) is 1. The lowest BCUT2D eigenvalue weighted by Gasteiger charge is -2.06. The van der Waals surface area contributed by atoms with Gasteiger partial charge in [0.25, 0.3) is 5.91 Å². The number of aromatic nitrogens is 1. The van der Waals surface area contributed by atoms with Crippen molar-refractivity contribution in [3.8, 4) is 0 Å². The number of para-hydroxylation sites is 1. The molecule has 0 saturated carbocycles. The minimum Gasteiger partial charge on any atom is -0.452 e. The van der Waals surface area contributed by atoms with Crippen LogP contribution in [0, 0.1) is 0 Å². The SMILES string of the molecule is NS(=O)(=O)c1cccc(NC(=O)COC(=O)/C=C/c2nc3ccccc3s2)c1. The predicted octanol–water partition coefficient (Wildman–Crippen LogP) is 2.14. The summed E-state index contributed by atoms with van der Waals surface area (Å²) in [5.41, 5.74) is 1.05. The summed E-state index contributed by atoms with van der Waals surface area (Å²) in [6, 6.07) is 13.0. The van der Waals surface area contributed by atoms with Gasteiger partial charge < -0.3 is 10.1 Å². The van der Waals surface area contributed by atoms with Crippen LogP contribution in [-0.4, -0.2) is 31.9 Å². The Hall–Kier alpha value is -3.08. The van der Waals surface area contributed by atoms with E-state index in [9.17, 15) is 18.0 Å². The molecular weight excluding hydrogens is 402 g/mol. The van der Waals surface area contributed by atoms with Gasteiger partial charge in [-0.05, 0) is 36.4 Å². The van der Waals surface area contributed by atoms with Gasteiger partial charge in [-0.15, -0.1) is 11.3 Å². The molecule has 2 aromatic carbocycles. The van der Waals surface area contributed by atoms with Gasteiger partial charge in [-0.3, -0.25) is 4.79 Å². The Morgan fingerprint density at radius 2 is 1.96 bits per heavy atom. The highest BCUT2D eigenvalue weighted by Crippen LogP contribution is 2.22. The summed E-state index contributed by atoms with van der Waals surface area (Å²) in [6.07, 6.45) is 2.70. The van der Waals surface area contributed by atoms with E-state index >= 15 is 0 Å². The average Bonchev–Trinajstić information content (AvgIpc) is 3.07. The molecule has 0 radical (unpaired) electrons. The van der Waals surface area contributed by atoms with Crippen LogP contribution < -0.4 is 10.5 Å². The molecule has 0 aliphatic carbocycles. The molecule has 0 saturated heterocycles. The van der Waals surface area contributed by atoms with Crippen molar-refractivity contribution in [3.63, 3.8) is 0 Å². The molecule has 10 heteroatoms. The second kappa shape index (κ2) is 8.30. The summed E-state index contributed by atoms with van der Waals surface area (Å²) in [6.45, 7) is -0.525. The van der Waals surface area contributed by atoms with E-state index in [-0.39, 0.29) is 10.6 Å². The number of esters is 1. The van der Waals surface area contributed by atoms with Gasteiger partial charge >= 0.3 is 5.97 Å². The molecule has 3 N–H and O–H groups in total. The van der Waals surface area contributed by atoms with Crippen molar-refractivity contribution in [1.82, 2.24) is 4.98 Å². The molecule has 0 unspecified atom stereocenters. The molecule has 28 heavy (non-hydrogen) atoms. The Labute approximate surface area is 164 Å². The van der Waals surface area contributed by atoms with Crippen LogP contribution in [0.15, 0.2) is 59.5 Å². The number of carbonyl (C=O) groups is 2. The Balaban J connectivity index is 1.53. The summed E-state index contributed by atoms with van der Waals surface area (Å²) in [5.74, 6) is -1.32. The number of fused-ring (bicyclic) bond motifs is 1. The highest BCUT2D eigenvalue weighted by molar-refractivity contribution is 7.89. The number of nitrogens with zero attached hydrogens (tertiary/aromatic N) is 1. The number of benzene rings is 2. The third kappa shape index (κ3) is 5.22. The molecule has 0 spiro atoms. The van der Waals surface area contributed by atoms with Crippen LogP contribution in [0.2, 0.25) is 0 Å². The van der Waals surface area contributed by atoms with E-state index in [0.29, 0.717) is 5.01 Å². The fraction of sp³-hybridized carbons (Fsp3) is 0.0556. The smallest absolute Gasteiger partial charge is 0.331 e. The number of ether oxygens (including phenoxy) is 1. The van der Waals surface area contributed by atoms with Crippen LogP contribution in [0.25, 0.3) is 16.3 Å². The maximum atomic E-state index is 11.9. The Bertz CT molecular complexity index is 1140. The van der Waals surface area contributed by atoms with E-state index in [2.05, 4.69) is 10.3 Å². The molecule has 0 atom stereocenters. The van der Waals surface area contributed by atoms with E-state index in [1.165, 1.54) is 47.8 Å². The van der Waals surface area contributed by atoms with Gasteiger partial charge in [0, 0.05) is 11.8 Å². The van der Waals surface area contributed by atoms with Gasteiger partial charge in [-0.1, -0.05) is 18.2 Å². The van der Waals surface area contributed by atoms with E-state index < -0.39 is 28.5 Å². The van der Waals surface area contributed by atoms with Crippen molar-refractivity contribution in [2.45, 2.75) is 4.90 Å². The highest BCUT2D eigenvalue weighted by Gasteiger charge is 2.10. The topological polar surface area (TPSA) is 128 Å². The van der Waals surface area contributed by atoms with Crippen LogP contribution >= 0.6 is 11.3 Å². The number of nitrogens with one attached hydrogen (secondary N) is 1. The van der Waals surface area contributed by atoms with Gasteiger partial charge in [-0.2, -0.15) is 0 Å². The Kier molecular flexibility index (Phi) is 5.83. The third-order valence-electron chi connectivity index (χ3n) is 3.46. The lowest BCUT2D eigenvalue weighted by atomic mass is 10.3. The zero-order chi connectivity index (χ0) is 20.1. The van der Waals surface area contributed by atoms with Gasteiger partial charge in [0.05, 0.1) is 15.1 Å². The minimum atomic E-state index is -3.88. The van der Waals surface area contributed by atoms with Crippen LogP contribution in [0.1, 0.15) is 5.01 Å². The van der Waals surface area contributed by atoms with Crippen molar-refractivity contribution in [1.29, 1.82) is 0 Å². The van der Waals surface area contributed by atoms with Crippen molar-refractivity contribution < 1.29 is 22.7 Å². The molecule has 0 bridgehead atoms. The Morgan fingerprint density at radius 3 is 2.71 bits per heavy atom. The first-order valence-electron chi connectivity index (χ1n) is 7.94. The van der Waals surface area contributed by atoms with Crippen molar-refractivity contribution in [3.05, 3.63) is 59.6 Å². The van der Waals surface area contributed by atoms with Crippen LogP contribution in [-0.2, 0) is 24.3 Å². The van der Waals surface area contributed by atoms with E-state index in [1.807, 2.05) is 24.3 Å². The molecule has 0 aliphatic rings. The van der Waals surface area contributed by atoms with Crippen LogP contribution in [0.4, 0.5) is 5.69 Å². The number of anilines is 1. The average molecular weight is 417 g/mol. The number of primary sulfonamides is 1. The number of thiazole rings is 1. The zero-order valence-corrected chi connectivity index (χ0v) is 16.0. The molecule has 1 amide bonds. The molecular formula is C18H15N3O5S2. The highest BCUT2D eigenvalue weighted by atomic mass is 32.2. The van der Waals surface area contributed by atoms with Crippen molar-refractivity contribution >= 4 is 55.2 Å². The molecule has 3 rings (SSSR count). The predicted molar refractivity (Wildman–Crippen MR) is 106 cm³/mol. The zero-order valence-electron chi connectivity index (χ0n) is 14.4. The molecule has 1 heterocycles. The lowest BCUT2D eigenvalue weighted by molar-refractivity contribution is -0.142. The van der Waals surface area contributed by atoms with Gasteiger partial charge in [-0.25, -0.2) is 23.3 Å².